The lowest BCUT2D eigenvalue weighted by atomic mass is 9.84. The number of piperidine rings is 1. The lowest BCUT2D eigenvalue weighted by Gasteiger charge is -2.40. The number of sulfonamides is 1. The maximum atomic E-state index is 14.8. The Kier molecular flexibility index (Phi) is 6.89. The number of likely N-dealkylation sites (tertiary alicyclic amines) is 1. The topological polar surface area (TPSA) is 75.7 Å². The summed E-state index contributed by atoms with van der Waals surface area (Å²) in [6.07, 6.45) is 0.597. The van der Waals surface area contributed by atoms with Crippen molar-refractivity contribution in [2.24, 2.45) is 5.41 Å². The molecule has 0 radical (unpaired) electrons. The minimum Gasteiger partial charge on any atom is -0.489 e. The molecule has 6 nitrogen and oxygen atoms in total. The number of alkyl halides is 3. The van der Waals surface area contributed by atoms with Gasteiger partial charge in [0, 0.05) is 19.2 Å². The van der Waals surface area contributed by atoms with E-state index >= 15 is 0 Å². The van der Waals surface area contributed by atoms with E-state index in [1.54, 1.807) is 4.72 Å². The molecule has 3 fully saturated rings. The van der Waals surface area contributed by atoms with Gasteiger partial charge in [-0.25, -0.2) is 17.5 Å². The first kappa shape index (κ1) is 25.2. The maximum absolute atomic E-state index is 14.8. The van der Waals surface area contributed by atoms with E-state index in [9.17, 15) is 30.8 Å². The molecule has 11 heteroatoms. The quantitative estimate of drug-likeness (QED) is 0.557. The van der Waals surface area contributed by atoms with Gasteiger partial charge in [-0.3, -0.25) is 9.69 Å². The summed E-state index contributed by atoms with van der Waals surface area (Å²) < 4.78 is 86.9. The van der Waals surface area contributed by atoms with Crippen molar-refractivity contribution in [1.29, 1.82) is 0 Å². The molecule has 0 aromatic heterocycles. The number of hydrogen-bond acceptors (Lipinski definition) is 5. The fraction of sp³-hybridized carbons (Fsp3) is 0.696. The number of hydrogen-bond donors (Lipinski definition) is 1. The van der Waals surface area contributed by atoms with E-state index in [1.807, 2.05) is 4.90 Å². The third-order valence-electron chi connectivity index (χ3n) is 7.08. The Labute approximate surface area is 197 Å². The number of halogens is 4. The zero-order chi connectivity index (χ0) is 24.7. The molecule has 1 unspecified atom stereocenters. The zero-order valence-electron chi connectivity index (χ0n) is 19.1. The van der Waals surface area contributed by atoms with Gasteiger partial charge < -0.3 is 4.74 Å². The molecule has 1 saturated heterocycles. The van der Waals surface area contributed by atoms with Crippen LogP contribution in [0.1, 0.15) is 73.2 Å². The van der Waals surface area contributed by atoms with Gasteiger partial charge in [0.1, 0.15) is 17.7 Å². The molecule has 1 atom stereocenters. The van der Waals surface area contributed by atoms with Crippen LogP contribution in [0.4, 0.5) is 17.6 Å². The van der Waals surface area contributed by atoms with Crippen LogP contribution < -0.4 is 9.46 Å². The SMILES string of the molecule is CS(=O)(=O)NC(=O)c1cc(C2CC2)c(OC2CCCN(CC3(C(F)(F)F)CCCC3)C2)cc1F. The molecule has 0 spiro atoms. The summed E-state index contributed by atoms with van der Waals surface area (Å²) in [5.74, 6) is -1.61. The van der Waals surface area contributed by atoms with Gasteiger partial charge in [-0.05, 0) is 62.6 Å². The molecule has 1 aromatic rings. The summed E-state index contributed by atoms with van der Waals surface area (Å²) >= 11 is 0. The van der Waals surface area contributed by atoms with E-state index in [0.29, 0.717) is 44.3 Å². The van der Waals surface area contributed by atoms with Gasteiger partial charge in [0.2, 0.25) is 10.0 Å². The van der Waals surface area contributed by atoms with Crippen LogP contribution in [0.15, 0.2) is 12.1 Å². The largest absolute Gasteiger partial charge is 0.489 e. The summed E-state index contributed by atoms with van der Waals surface area (Å²) in [4.78, 5) is 14.0. The highest BCUT2D eigenvalue weighted by molar-refractivity contribution is 7.89. The predicted molar refractivity (Wildman–Crippen MR) is 118 cm³/mol. The second kappa shape index (κ2) is 9.29. The van der Waals surface area contributed by atoms with Crippen LogP contribution in [0.25, 0.3) is 0 Å². The molecule has 3 aliphatic rings. The van der Waals surface area contributed by atoms with E-state index in [4.69, 9.17) is 4.74 Å². The van der Waals surface area contributed by atoms with Crippen molar-refractivity contribution in [2.75, 3.05) is 25.9 Å². The zero-order valence-corrected chi connectivity index (χ0v) is 19.9. The summed E-state index contributed by atoms with van der Waals surface area (Å²) in [6.45, 7) is 0.830. The van der Waals surface area contributed by atoms with Crippen molar-refractivity contribution in [3.05, 3.63) is 29.1 Å². The van der Waals surface area contributed by atoms with Gasteiger partial charge in [0.05, 0.1) is 17.2 Å². The molecule has 1 heterocycles. The molecule has 2 aliphatic carbocycles. The summed E-state index contributed by atoms with van der Waals surface area (Å²) in [5, 5.41) is 0. The fourth-order valence-electron chi connectivity index (χ4n) is 5.23. The number of carbonyl (C=O) groups is 1. The van der Waals surface area contributed by atoms with Crippen molar-refractivity contribution in [1.82, 2.24) is 9.62 Å². The standard InChI is InChI=1S/C23H30F4N2O4S/c1-34(31,32)28-21(30)18-11-17(15-6-7-15)20(12-19(18)24)33-16-5-4-10-29(13-16)14-22(23(25,26)27)8-2-3-9-22/h11-12,15-16H,2-10,13-14H2,1H3,(H,28,30). The van der Waals surface area contributed by atoms with Crippen LogP contribution in [0, 0.1) is 11.2 Å². The number of amides is 1. The Bertz CT molecular complexity index is 1030. The Morgan fingerprint density at radius 2 is 1.85 bits per heavy atom. The number of carbonyl (C=O) groups excluding carboxylic acids is 1. The molecular weight excluding hydrogens is 476 g/mol. The summed E-state index contributed by atoms with van der Waals surface area (Å²) in [7, 11) is -3.85. The van der Waals surface area contributed by atoms with Gasteiger partial charge in [-0.2, -0.15) is 13.2 Å². The van der Waals surface area contributed by atoms with Crippen LogP contribution >= 0.6 is 0 Å². The van der Waals surface area contributed by atoms with Crippen LogP contribution in [0.3, 0.4) is 0 Å². The first-order valence-electron chi connectivity index (χ1n) is 11.7. The molecule has 1 aliphatic heterocycles. The molecule has 34 heavy (non-hydrogen) atoms. The second-order valence-electron chi connectivity index (χ2n) is 9.95. The molecule has 190 valence electrons. The van der Waals surface area contributed by atoms with Crippen LogP contribution in [0.2, 0.25) is 0 Å². The minimum atomic E-state index is -4.25. The number of benzene rings is 1. The van der Waals surface area contributed by atoms with Gasteiger partial charge in [0.25, 0.3) is 5.91 Å². The van der Waals surface area contributed by atoms with Crippen LogP contribution in [0.5, 0.6) is 5.75 Å². The first-order valence-corrected chi connectivity index (χ1v) is 13.6. The van der Waals surface area contributed by atoms with Crippen molar-refractivity contribution in [3.8, 4) is 5.75 Å². The van der Waals surface area contributed by atoms with E-state index in [0.717, 1.165) is 25.2 Å². The van der Waals surface area contributed by atoms with Crippen molar-refractivity contribution < 1.29 is 35.5 Å². The van der Waals surface area contributed by atoms with Gasteiger partial charge >= 0.3 is 6.18 Å². The highest BCUT2D eigenvalue weighted by Gasteiger charge is 2.56. The Hall–Kier alpha value is -1.88. The molecule has 4 rings (SSSR count). The van der Waals surface area contributed by atoms with E-state index < -0.39 is 39.4 Å². The Morgan fingerprint density at radius 1 is 1.18 bits per heavy atom. The van der Waals surface area contributed by atoms with E-state index in [1.165, 1.54) is 6.07 Å². The molecule has 1 amide bonds. The second-order valence-corrected chi connectivity index (χ2v) is 11.7. The number of rotatable bonds is 7. The van der Waals surface area contributed by atoms with Crippen molar-refractivity contribution in [2.45, 2.75) is 69.6 Å². The Morgan fingerprint density at radius 3 is 2.44 bits per heavy atom. The molecule has 0 bridgehead atoms. The average molecular weight is 507 g/mol. The van der Waals surface area contributed by atoms with Crippen molar-refractivity contribution in [3.63, 3.8) is 0 Å². The number of nitrogens with one attached hydrogen (secondary N) is 1. The van der Waals surface area contributed by atoms with Crippen LogP contribution in [-0.2, 0) is 10.0 Å². The predicted octanol–water partition coefficient (Wildman–Crippen LogP) is 4.36. The Balaban J connectivity index is 1.50. The third-order valence-corrected chi connectivity index (χ3v) is 7.64. The highest BCUT2D eigenvalue weighted by Crippen LogP contribution is 2.51. The lowest BCUT2D eigenvalue weighted by Crippen LogP contribution is -2.50. The number of nitrogens with zero attached hydrogens (tertiary/aromatic N) is 1. The third kappa shape index (κ3) is 5.67. The van der Waals surface area contributed by atoms with Gasteiger partial charge in [-0.15, -0.1) is 0 Å². The molecule has 1 N–H and O–H groups in total. The van der Waals surface area contributed by atoms with E-state index in [2.05, 4.69) is 0 Å². The fourth-order valence-corrected chi connectivity index (χ4v) is 5.67. The normalized spacial score (nSPS) is 23.6. The molecular formula is C23H30F4N2O4S. The van der Waals surface area contributed by atoms with E-state index in [-0.39, 0.29) is 36.6 Å². The monoisotopic (exact) mass is 506 g/mol. The van der Waals surface area contributed by atoms with Crippen LogP contribution in [-0.4, -0.2) is 57.4 Å². The summed E-state index contributed by atoms with van der Waals surface area (Å²) in [5.41, 5.74) is -1.42. The maximum Gasteiger partial charge on any atom is 0.395 e. The molecule has 2 saturated carbocycles. The smallest absolute Gasteiger partial charge is 0.395 e. The van der Waals surface area contributed by atoms with Gasteiger partial charge in [-0.1, -0.05) is 12.8 Å². The van der Waals surface area contributed by atoms with Crippen molar-refractivity contribution >= 4 is 15.9 Å². The first-order chi connectivity index (χ1) is 15.9. The van der Waals surface area contributed by atoms with Gasteiger partial charge in [0.15, 0.2) is 0 Å². The summed E-state index contributed by atoms with van der Waals surface area (Å²) in [6, 6.07) is 2.43. The average Bonchev–Trinajstić information content (AvgIpc) is 3.44. The number of ether oxygens (including phenoxy) is 1. The molecule has 1 aromatic carbocycles. The minimum absolute atomic E-state index is 0.0508. The highest BCUT2D eigenvalue weighted by atomic mass is 32.2. The lowest BCUT2D eigenvalue weighted by molar-refractivity contribution is -0.229.